The number of carbonyl (C=O) groups excluding carboxylic acids is 1. The van der Waals surface area contributed by atoms with E-state index in [-0.39, 0.29) is 5.97 Å². The van der Waals surface area contributed by atoms with Gasteiger partial charge in [0.25, 0.3) is 0 Å². The van der Waals surface area contributed by atoms with Gasteiger partial charge in [-0.25, -0.2) is 0 Å². The van der Waals surface area contributed by atoms with Gasteiger partial charge in [0, 0.05) is 13.1 Å². The molecule has 0 radical (unpaired) electrons. The molecule has 0 atom stereocenters. The van der Waals surface area contributed by atoms with E-state index in [2.05, 4.69) is 16.1 Å². The molecule has 0 bridgehead atoms. The second kappa shape index (κ2) is 6.59. The zero-order valence-electron chi connectivity index (χ0n) is 9.19. The quantitative estimate of drug-likeness (QED) is 0.596. The molecule has 1 rings (SSSR count). The lowest BCUT2D eigenvalue weighted by atomic mass is 10.1. The molecule has 4 nitrogen and oxygen atoms in total. The molecule has 4 heteroatoms. The van der Waals surface area contributed by atoms with Crippen molar-refractivity contribution in [1.82, 2.24) is 5.32 Å². The standard InChI is InChI=1S/C12H14N2O2/c1-16-12(15)6-7-14-9-11-4-2-10(8-13)3-5-11/h2-5,14H,6-7,9H2,1H3. The van der Waals surface area contributed by atoms with E-state index in [0.29, 0.717) is 25.1 Å². The van der Waals surface area contributed by atoms with Gasteiger partial charge in [-0.15, -0.1) is 0 Å². The molecule has 0 unspecified atom stereocenters. The highest BCUT2D eigenvalue weighted by molar-refractivity contribution is 5.69. The average molecular weight is 218 g/mol. The maximum Gasteiger partial charge on any atom is 0.306 e. The van der Waals surface area contributed by atoms with Crippen LogP contribution in [0, 0.1) is 11.3 Å². The van der Waals surface area contributed by atoms with Crippen LogP contribution in [0.3, 0.4) is 0 Å². The maximum absolute atomic E-state index is 10.8. The first-order valence-corrected chi connectivity index (χ1v) is 5.03. The van der Waals surface area contributed by atoms with Gasteiger partial charge in [0.1, 0.15) is 0 Å². The zero-order valence-corrected chi connectivity index (χ0v) is 9.19. The molecule has 0 spiro atoms. The Labute approximate surface area is 94.8 Å². The van der Waals surface area contributed by atoms with E-state index >= 15 is 0 Å². The van der Waals surface area contributed by atoms with Crippen molar-refractivity contribution in [2.24, 2.45) is 0 Å². The van der Waals surface area contributed by atoms with Crippen molar-refractivity contribution in [3.05, 3.63) is 35.4 Å². The van der Waals surface area contributed by atoms with E-state index in [1.807, 2.05) is 12.1 Å². The first kappa shape index (κ1) is 12.2. The summed E-state index contributed by atoms with van der Waals surface area (Å²) in [4.78, 5) is 10.8. The summed E-state index contributed by atoms with van der Waals surface area (Å²) in [6.07, 6.45) is 0.368. The number of methoxy groups -OCH3 is 1. The third kappa shape index (κ3) is 4.11. The van der Waals surface area contributed by atoms with E-state index in [4.69, 9.17) is 5.26 Å². The zero-order chi connectivity index (χ0) is 11.8. The number of nitriles is 1. The summed E-state index contributed by atoms with van der Waals surface area (Å²) in [5.41, 5.74) is 1.74. The van der Waals surface area contributed by atoms with E-state index < -0.39 is 0 Å². The van der Waals surface area contributed by atoms with Crippen LogP contribution in [0.25, 0.3) is 0 Å². The molecule has 0 saturated heterocycles. The molecule has 0 aliphatic rings. The van der Waals surface area contributed by atoms with Crippen LogP contribution in [0.4, 0.5) is 0 Å². The smallest absolute Gasteiger partial charge is 0.306 e. The lowest BCUT2D eigenvalue weighted by Gasteiger charge is -2.03. The number of ether oxygens (including phenoxy) is 1. The van der Waals surface area contributed by atoms with Gasteiger partial charge in [-0.3, -0.25) is 4.79 Å². The Hall–Kier alpha value is -1.86. The van der Waals surface area contributed by atoms with E-state index in [1.54, 1.807) is 12.1 Å². The number of rotatable bonds is 5. The van der Waals surface area contributed by atoms with E-state index in [0.717, 1.165) is 5.56 Å². The fourth-order valence-electron chi connectivity index (χ4n) is 1.22. The van der Waals surface area contributed by atoms with Crippen LogP contribution < -0.4 is 5.32 Å². The van der Waals surface area contributed by atoms with E-state index in [1.165, 1.54) is 7.11 Å². The second-order valence-electron chi connectivity index (χ2n) is 3.31. The van der Waals surface area contributed by atoms with Crippen LogP contribution in [-0.2, 0) is 16.1 Å². The summed E-state index contributed by atoms with van der Waals surface area (Å²) >= 11 is 0. The predicted molar refractivity (Wildman–Crippen MR) is 59.5 cm³/mol. The molecule has 0 amide bonds. The van der Waals surface area contributed by atoms with Crippen molar-refractivity contribution in [1.29, 1.82) is 5.26 Å². The summed E-state index contributed by atoms with van der Waals surface area (Å²) in [6.45, 7) is 1.27. The van der Waals surface area contributed by atoms with Gasteiger partial charge in [0.05, 0.1) is 25.2 Å². The summed E-state index contributed by atoms with van der Waals surface area (Å²) in [7, 11) is 1.38. The third-order valence-corrected chi connectivity index (χ3v) is 2.15. The van der Waals surface area contributed by atoms with Crippen molar-refractivity contribution in [3.63, 3.8) is 0 Å². The van der Waals surface area contributed by atoms with Crippen molar-refractivity contribution in [2.75, 3.05) is 13.7 Å². The molecule has 0 aromatic heterocycles. The molecule has 1 N–H and O–H groups in total. The molecule has 0 heterocycles. The van der Waals surface area contributed by atoms with Crippen LogP contribution in [-0.4, -0.2) is 19.6 Å². The number of carbonyl (C=O) groups is 1. The topological polar surface area (TPSA) is 62.1 Å². The number of benzene rings is 1. The molecular weight excluding hydrogens is 204 g/mol. The molecule has 0 aliphatic heterocycles. The normalized spacial score (nSPS) is 9.50. The van der Waals surface area contributed by atoms with Gasteiger partial charge in [-0.05, 0) is 17.7 Å². The van der Waals surface area contributed by atoms with Crippen molar-refractivity contribution >= 4 is 5.97 Å². The Morgan fingerprint density at radius 2 is 2.12 bits per heavy atom. The molecular formula is C12H14N2O2. The van der Waals surface area contributed by atoms with Crippen LogP contribution in [0.5, 0.6) is 0 Å². The highest BCUT2D eigenvalue weighted by Crippen LogP contribution is 2.02. The van der Waals surface area contributed by atoms with Gasteiger partial charge >= 0.3 is 5.97 Å². The van der Waals surface area contributed by atoms with Gasteiger partial charge in [0.2, 0.25) is 0 Å². The van der Waals surface area contributed by atoms with Gasteiger partial charge in [0.15, 0.2) is 0 Å². The largest absolute Gasteiger partial charge is 0.469 e. The molecule has 1 aromatic carbocycles. The molecule has 0 aliphatic carbocycles. The first-order valence-electron chi connectivity index (χ1n) is 5.03. The second-order valence-corrected chi connectivity index (χ2v) is 3.31. The monoisotopic (exact) mass is 218 g/mol. The molecule has 84 valence electrons. The van der Waals surface area contributed by atoms with Crippen LogP contribution in [0.2, 0.25) is 0 Å². The summed E-state index contributed by atoms with van der Waals surface area (Å²) in [6, 6.07) is 9.40. The first-order chi connectivity index (χ1) is 7.76. The molecule has 0 saturated carbocycles. The Bertz CT molecular complexity index is 379. The lowest BCUT2D eigenvalue weighted by molar-refractivity contribution is -0.140. The minimum Gasteiger partial charge on any atom is -0.469 e. The minimum atomic E-state index is -0.215. The predicted octanol–water partition coefficient (Wildman–Crippen LogP) is 1.21. The summed E-state index contributed by atoms with van der Waals surface area (Å²) < 4.78 is 4.52. The van der Waals surface area contributed by atoms with Crippen molar-refractivity contribution in [2.45, 2.75) is 13.0 Å². The Balaban J connectivity index is 2.27. The van der Waals surface area contributed by atoms with Gasteiger partial charge < -0.3 is 10.1 Å². The third-order valence-electron chi connectivity index (χ3n) is 2.15. The highest BCUT2D eigenvalue weighted by Gasteiger charge is 1.99. The Morgan fingerprint density at radius 3 is 2.69 bits per heavy atom. The van der Waals surface area contributed by atoms with Gasteiger partial charge in [-0.1, -0.05) is 12.1 Å². The van der Waals surface area contributed by atoms with Crippen molar-refractivity contribution in [3.8, 4) is 6.07 Å². The van der Waals surface area contributed by atoms with Crippen LogP contribution in [0.1, 0.15) is 17.5 Å². The maximum atomic E-state index is 10.8. The minimum absolute atomic E-state index is 0.215. The lowest BCUT2D eigenvalue weighted by Crippen LogP contribution is -2.18. The summed E-state index contributed by atoms with van der Waals surface area (Å²) in [5.74, 6) is -0.215. The number of nitrogens with zero attached hydrogens (tertiary/aromatic N) is 1. The number of hydrogen-bond donors (Lipinski definition) is 1. The fourth-order valence-corrected chi connectivity index (χ4v) is 1.22. The summed E-state index contributed by atoms with van der Waals surface area (Å²) in [5, 5.41) is 11.7. The molecule has 1 aromatic rings. The van der Waals surface area contributed by atoms with Crippen LogP contribution in [0.15, 0.2) is 24.3 Å². The van der Waals surface area contributed by atoms with Crippen molar-refractivity contribution < 1.29 is 9.53 Å². The highest BCUT2D eigenvalue weighted by atomic mass is 16.5. The molecule has 0 fully saturated rings. The number of nitrogens with one attached hydrogen (secondary N) is 1. The number of esters is 1. The molecule has 16 heavy (non-hydrogen) atoms. The Kier molecular flexibility index (Phi) is 5.03. The van der Waals surface area contributed by atoms with Gasteiger partial charge in [-0.2, -0.15) is 5.26 Å². The van der Waals surface area contributed by atoms with Crippen LogP contribution >= 0.6 is 0 Å². The number of hydrogen-bond acceptors (Lipinski definition) is 4. The average Bonchev–Trinajstić information content (AvgIpc) is 2.35. The Morgan fingerprint density at radius 1 is 1.44 bits per heavy atom. The van der Waals surface area contributed by atoms with E-state index in [9.17, 15) is 4.79 Å². The fraction of sp³-hybridized carbons (Fsp3) is 0.333. The SMILES string of the molecule is COC(=O)CCNCc1ccc(C#N)cc1.